The van der Waals surface area contributed by atoms with Gasteiger partial charge in [0.1, 0.15) is 0 Å². The first-order valence-corrected chi connectivity index (χ1v) is 7.38. The van der Waals surface area contributed by atoms with Gasteiger partial charge in [-0.05, 0) is 27.2 Å². The molecule has 2 saturated heterocycles. The third-order valence-corrected chi connectivity index (χ3v) is 4.46. The number of carbonyl (C=O) groups excluding carboxylic acids is 1. The quantitative estimate of drug-likeness (QED) is 0.814. The van der Waals surface area contributed by atoms with Gasteiger partial charge in [0.15, 0.2) is 0 Å². The first kappa shape index (κ1) is 14.8. The van der Waals surface area contributed by atoms with Crippen molar-refractivity contribution in [2.75, 3.05) is 32.8 Å². The SMILES string of the molecule is CCC1(C)NC(C)N(C(C)CN2CCOCC2)C1=O. The van der Waals surface area contributed by atoms with Gasteiger partial charge in [-0.2, -0.15) is 0 Å². The number of ether oxygens (including phenoxy) is 1. The van der Waals surface area contributed by atoms with Crippen LogP contribution in [0.4, 0.5) is 0 Å². The number of amides is 1. The molecule has 0 aliphatic carbocycles. The molecule has 3 unspecified atom stereocenters. The highest BCUT2D eigenvalue weighted by atomic mass is 16.5. The Balaban J connectivity index is 1.98. The Kier molecular flexibility index (Phi) is 4.48. The molecule has 0 saturated carbocycles. The van der Waals surface area contributed by atoms with Crippen LogP contribution in [0.25, 0.3) is 0 Å². The van der Waals surface area contributed by atoms with Crippen LogP contribution in [0.3, 0.4) is 0 Å². The van der Waals surface area contributed by atoms with Crippen LogP contribution in [-0.4, -0.2) is 66.3 Å². The summed E-state index contributed by atoms with van der Waals surface area (Å²) in [5.74, 6) is 0.239. The molecule has 1 amide bonds. The van der Waals surface area contributed by atoms with Crippen molar-refractivity contribution in [3.8, 4) is 0 Å². The van der Waals surface area contributed by atoms with Gasteiger partial charge in [-0.1, -0.05) is 6.92 Å². The lowest BCUT2D eigenvalue weighted by molar-refractivity contribution is -0.135. The third-order valence-electron chi connectivity index (χ3n) is 4.46. The number of morpholine rings is 1. The van der Waals surface area contributed by atoms with Crippen LogP contribution in [0.2, 0.25) is 0 Å². The third kappa shape index (κ3) is 2.93. The predicted octanol–water partition coefficient (Wildman–Crippen LogP) is 0.654. The van der Waals surface area contributed by atoms with E-state index in [4.69, 9.17) is 4.74 Å². The lowest BCUT2D eigenvalue weighted by atomic mass is 9.99. The molecule has 5 nitrogen and oxygen atoms in total. The molecule has 3 atom stereocenters. The molecule has 1 N–H and O–H groups in total. The van der Waals surface area contributed by atoms with E-state index >= 15 is 0 Å². The average Bonchev–Trinajstić information content (AvgIpc) is 2.62. The van der Waals surface area contributed by atoms with Crippen LogP contribution in [0.5, 0.6) is 0 Å². The summed E-state index contributed by atoms with van der Waals surface area (Å²) in [6.07, 6.45) is 0.949. The van der Waals surface area contributed by atoms with Gasteiger partial charge in [-0.3, -0.25) is 15.0 Å². The molecule has 0 aromatic heterocycles. The van der Waals surface area contributed by atoms with E-state index in [-0.39, 0.29) is 18.1 Å². The molecule has 0 aromatic carbocycles. The second kappa shape index (κ2) is 5.77. The molecule has 2 fully saturated rings. The van der Waals surface area contributed by atoms with E-state index in [1.54, 1.807) is 0 Å². The second-order valence-electron chi connectivity index (χ2n) is 5.98. The molecule has 19 heavy (non-hydrogen) atoms. The number of nitrogens with zero attached hydrogens (tertiary/aromatic N) is 2. The zero-order valence-corrected chi connectivity index (χ0v) is 12.6. The van der Waals surface area contributed by atoms with Gasteiger partial charge < -0.3 is 9.64 Å². The van der Waals surface area contributed by atoms with Crippen LogP contribution in [-0.2, 0) is 9.53 Å². The number of hydrogen-bond acceptors (Lipinski definition) is 4. The lowest BCUT2D eigenvalue weighted by Gasteiger charge is -2.34. The summed E-state index contributed by atoms with van der Waals surface area (Å²) in [5, 5.41) is 3.43. The molecule has 2 heterocycles. The zero-order valence-electron chi connectivity index (χ0n) is 12.6. The summed E-state index contributed by atoms with van der Waals surface area (Å²) < 4.78 is 5.36. The van der Waals surface area contributed by atoms with Crippen LogP contribution in [0.1, 0.15) is 34.1 Å². The Morgan fingerprint density at radius 2 is 2.11 bits per heavy atom. The number of rotatable bonds is 4. The normalized spacial score (nSPS) is 34.8. The fourth-order valence-electron chi connectivity index (χ4n) is 3.13. The molecule has 110 valence electrons. The first-order chi connectivity index (χ1) is 8.98. The average molecular weight is 269 g/mol. The predicted molar refractivity (Wildman–Crippen MR) is 74.9 cm³/mol. The Morgan fingerprint density at radius 1 is 1.47 bits per heavy atom. The number of nitrogens with one attached hydrogen (secondary N) is 1. The summed E-state index contributed by atoms with van der Waals surface area (Å²) in [7, 11) is 0. The fraction of sp³-hybridized carbons (Fsp3) is 0.929. The van der Waals surface area contributed by atoms with Crippen LogP contribution in [0.15, 0.2) is 0 Å². The largest absolute Gasteiger partial charge is 0.379 e. The van der Waals surface area contributed by atoms with Gasteiger partial charge in [-0.25, -0.2) is 0 Å². The Bertz CT molecular complexity index is 331. The molecule has 0 aromatic rings. The van der Waals surface area contributed by atoms with Gasteiger partial charge in [0, 0.05) is 25.7 Å². The highest BCUT2D eigenvalue weighted by Crippen LogP contribution is 2.25. The summed E-state index contributed by atoms with van der Waals surface area (Å²) in [6.45, 7) is 12.8. The number of hydrogen-bond donors (Lipinski definition) is 1. The maximum Gasteiger partial charge on any atom is 0.244 e. The highest BCUT2D eigenvalue weighted by Gasteiger charge is 2.46. The Hall–Kier alpha value is -0.650. The first-order valence-electron chi connectivity index (χ1n) is 7.38. The van der Waals surface area contributed by atoms with Crippen molar-refractivity contribution in [3.63, 3.8) is 0 Å². The summed E-state index contributed by atoms with van der Waals surface area (Å²) in [6, 6.07) is 0.237. The molecule has 0 bridgehead atoms. The van der Waals surface area contributed by atoms with Crippen molar-refractivity contribution in [1.29, 1.82) is 0 Å². The molecule has 2 rings (SSSR count). The molecule has 2 aliphatic heterocycles. The van der Waals surface area contributed by atoms with Gasteiger partial charge in [0.05, 0.1) is 24.9 Å². The maximum absolute atomic E-state index is 12.6. The summed E-state index contributed by atoms with van der Waals surface area (Å²) in [4.78, 5) is 17.0. The van der Waals surface area contributed by atoms with Crippen LogP contribution >= 0.6 is 0 Å². The molecule has 5 heteroatoms. The molecule has 2 aliphatic rings. The van der Waals surface area contributed by atoms with E-state index < -0.39 is 5.54 Å². The van der Waals surface area contributed by atoms with E-state index in [0.717, 1.165) is 39.3 Å². The minimum absolute atomic E-state index is 0.119. The van der Waals surface area contributed by atoms with Crippen molar-refractivity contribution in [2.24, 2.45) is 0 Å². The molecular formula is C14H27N3O2. The summed E-state index contributed by atoms with van der Waals surface area (Å²) in [5.41, 5.74) is -0.390. The minimum Gasteiger partial charge on any atom is -0.379 e. The molecule has 0 spiro atoms. The smallest absolute Gasteiger partial charge is 0.244 e. The van der Waals surface area contributed by atoms with Crippen molar-refractivity contribution in [2.45, 2.75) is 51.9 Å². The maximum atomic E-state index is 12.6. The van der Waals surface area contributed by atoms with Crippen molar-refractivity contribution in [1.82, 2.24) is 15.1 Å². The molecule has 0 radical (unpaired) electrons. The van der Waals surface area contributed by atoms with E-state index in [0.29, 0.717) is 0 Å². The van der Waals surface area contributed by atoms with E-state index in [2.05, 4.69) is 31.0 Å². The van der Waals surface area contributed by atoms with Crippen molar-refractivity contribution < 1.29 is 9.53 Å². The van der Waals surface area contributed by atoms with Gasteiger partial charge in [0.2, 0.25) is 5.91 Å². The van der Waals surface area contributed by atoms with E-state index in [9.17, 15) is 4.79 Å². The van der Waals surface area contributed by atoms with Crippen LogP contribution in [0, 0.1) is 0 Å². The Morgan fingerprint density at radius 3 is 2.63 bits per heavy atom. The monoisotopic (exact) mass is 269 g/mol. The second-order valence-corrected chi connectivity index (χ2v) is 5.98. The Labute approximate surface area is 116 Å². The van der Waals surface area contributed by atoms with Crippen molar-refractivity contribution >= 4 is 5.91 Å². The highest BCUT2D eigenvalue weighted by molar-refractivity contribution is 5.88. The summed E-state index contributed by atoms with van der Waals surface area (Å²) >= 11 is 0. The van der Waals surface area contributed by atoms with E-state index in [1.165, 1.54) is 0 Å². The number of carbonyl (C=O) groups is 1. The van der Waals surface area contributed by atoms with Gasteiger partial charge in [0.25, 0.3) is 0 Å². The lowest BCUT2D eigenvalue weighted by Crippen LogP contribution is -2.50. The van der Waals surface area contributed by atoms with Crippen LogP contribution < -0.4 is 5.32 Å². The minimum atomic E-state index is -0.390. The topological polar surface area (TPSA) is 44.8 Å². The molecular weight excluding hydrogens is 242 g/mol. The van der Waals surface area contributed by atoms with Gasteiger partial charge in [-0.15, -0.1) is 0 Å². The fourth-order valence-corrected chi connectivity index (χ4v) is 3.13. The van der Waals surface area contributed by atoms with Gasteiger partial charge >= 0.3 is 0 Å². The zero-order chi connectivity index (χ0) is 14.0. The standard InChI is InChI=1S/C14H27N3O2/c1-5-14(4)13(18)17(12(3)15-14)11(2)10-16-6-8-19-9-7-16/h11-12,15H,5-10H2,1-4H3. The van der Waals surface area contributed by atoms with E-state index in [1.807, 2.05) is 11.8 Å². The van der Waals surface area contributed by atoms with Crippen molar-refractivity contribution in [3.05, 3.63) is 0 Å².